The van der Waals surface area contributed by atoms with E-state index < -0.39 is 0 Å². The molecule has 52 valence electrons. The van der Waals surface area contributed by atoms with Crippen molar-refractivity contribution >= 4 is 16.3 Å². The van der Waals surface area contributed by atoms with Gasteiger partial charge < -0.3 is 0 Å². The van der Waals surface area contributed by atoms with Crippen LogP contribution in [-0.4, -0.2) is 10.2 Å². The second kappa shape index (κ2) is 3.37. The lowest BCUT2D eigenvalue weighted by atomic mass is 10.1. The molecule has 0 amide bonds. The van der Waals surface area contributed by atoms with E-state index >= 15 is 0 Å². The fourth-order valence-electron chi connectivity index (χ4n) is 0.889. The van der Waals surface area contributed by atoms with Gasteiger partial charge in [-0.3, -0.25) is 0 Å². The number of hydrogen-bond acceptors (Lipinski definition) is 0. The van der Waals surface area contributed by atoms with Crippen molar-refractivity contribution < 1.29 is 0 Å². The Morgan fingerprint density at radius 3 is 2.30 bits per heavy atom. The first-order valence-corrected chi connectivity index (χ1v) is 4.99. The maximum atomic E-state index is 3.70. The molecular weight excluding hydrogens is 136 g/mol. The molecular formula is C9H12Si. The predicted molar refractivity (Wildman–Crippen MR) is 50.2 cm³/mol. The molecule has 0 saturated heterocycles. The van der Waals surface area contributed by atoms with Gasteiger partial charge in [0.15, 0.2) is 0 Å². The van der Waals surface area contributed by atoms with Gasteiger partial charge in [0, 0.05) is 10.2 Å². The van der Waals surface area contributed by atoms with Crippen LogP contribution >= 0.6 is 0 Å². The first kappa shape index (κ1) is 7.29. The van der Waals surface area contributed by atoms with Gasteiger partial charge in [-0.25, -0.2) is 0 Å². The first-order valence-electron chi connectivity index (χ1n) is 3.58. The van der Waals surface area contributed by atoms with Crippen molar-refractivity contribution in [2.45, 2.75) is 6.04 Å². The third-order valence-corrected chi connectivity index (χ3v) is 2.44. The molecule has 1 heteroatoms. The van der Waals surface area contributed by atoms with Gasteiger partial charge in [-0.2, -0.15) is 0 Å². The van der Waals surface area contributed by atoms with E-state index in [1.165, 1.54) is 27.4 Å². The first-order chi connectivity index (χ1) is 4.86. The van der Waals surface area contributed by atoms with Crippen LogP contribution < -0.4 is 0 Å². The average Bonchev–Trinajstić information content (AvgIpc) is 2.05. The summed E-state index contributed by atoms with van der Waals surface area (Å²) < 4.78 is 0. The van der Waals surface area contributed by atoms with Crippen LogP contribution in [0.25, 0.3) is 6.08 Å². The van der Waals surface area contributed by atoms with Crippen LogP contribution in [0.2, 0.25) is 0 Å². The van der Waals surface area contributed by atoms with Crippen molar-refractivity contribution in [1.82, 2.24) is 0 Å². The summed E-state index contributed by atoms with van der Waals surface area (Å²) in [6.07, 6.45) is 1.87. The molecule has 0 atom stereocenters. The average molecular weight is 148 g/mol. The number of benzene rings is 1. The maximum absolute atomic E-state index is 3.70. The molecule has 0 aromatic heterocycles. The third-order valence-electron chi connectivity index (χ3n) is 1.62. The molecule has 0 heterocycles. The van der Waals surface area contributed by atoms with Crippen molar-refractivity contribution in [2.24, 2.45) is 0 Å². The van der Waals surface area contributed by atoms with Gasteiger partial charge in [0.1, 0.15) is 0 Å². The summed E-state index contributed by atoms with van der Waals surface area (Å²) in [5.74, 6) is 0. The van der Waals surface area contributed by atoms with Crippen LogP contribution in [0.3, 0.4) is 0 Å². The number of rotatable bonds is 2. The van der Waals surface area contributed by atoms with Gasteiger partial charge >= 0.3 is 0 Å². The Hall–Kier alpha value is -0.823. The maximum Gasteiger partial charge on any atom is 0.00833 e. The lowest BCUT2D eigenvalue weighted by Crippen LogP contribution is -1.81. The van der Waals surface area contributed by atoms with E-state index in [2.05, 4.69) is 30.8 Å². The third kappa shape index (κ3) is 1.58. The summed E-state index contributed by atoms with van der Waals surface area (Å²) in [6, 6.07) is 9.81. The van der Waals surface area contributed by atoms with Crippen LogP contribution in [0.4, 0.5) is 0 Å². The van der Waals surface area contributed by atoms with Crippen LogP contribution in [0.15, 0.2) is 30.8 Å². The van der Waals surface area contributed by atoms with E-state index in [9.17, 15) is 0 Å². The minimum absolute atomic E-state index is 1.21. The van der Waals surface area contributed by atoms with Crippen LogP contribution in [-0.2, 0) is 6.04 Å². The molecule has 0 aliphatic rings. The van der Waals surface area contributed by atoms with Crippen LogP contribution in [0, 0.1) is 0 Å². The second-order valence-electron chi connectivity index (χ2n) is 2.30. The topological polar surface area (TPSA) is 0 Å². The predicted octanol–water partition coefficient (Wildman–Crippen LogP) is 1.19. The Morgan fingerprint density at radius 1 is 1.30 bits per heavy atom. The minimum Gasteiger partial charge on any atom is -0.0985 e. The molecule has 0 saturated carbocycles. The van der Waals surface area contributed by atoms with Gasteiger partial charge in [-0.05, 0) is 11.6 Å². The van der Waals surface area contributed by atoms with Gasteiger partial charge in [-0.15, -0.1) is 0 Å². The molecule has 0 N–H and O–H groups in total. The summed E-state index contributed by atoms with van der Waals surface area (Å²) in [5.41, 5.74) is 2.65. The highest BCUT2D eigenvalue weighted by molar-refractivity contribution is 6.08. The lowest BCUT2D eigenvalue weighted by Gasteiger charge is -1.95. The molecule has 0 aliphatic heterocycles. The zero-order valence-electron chi connectivity index (χ0n) is 6.30. The highest BCUT2D eigenvalue weighted by Crippen LogP contribution is 2.04. The molecule has 0 aliphatic carbocycles. The lowest BCUT2D eigenvalue weighted by molar-refractivity contribution is 1.40. The van der Waals surface area contributed by atoms with Crippen molar-refractivity contribution in [3.63, 3.8) is 0 Å². The fraction of sp³-hybridized carbons (Fsp3) is 0.111. The molecule has 0 spiro atoms. The summed E-state index contributed by atoms with van der Waals surface area (Å²) in [4.78, 5) is 0. The molecule has 1 aromatic carbocycles. The monoisotopic (exact) mass is 148 g/mol. The van der Waals surface area contributed by atoms with E-state index in [-0.39, 0.29) is 0 Å². The molecule has 0 bridgehead atoms. The van der Waals surface area contributed by atoms with E-state index in [0.717, 1.165) is 0 Å². The quantitative estimate of drug-likeness (QED) is 0.553. The molecule has 0 unspecified atom stereocenters. The van der Waals surface area contributed by atoms with Gasteiger partial charge in [0.2, 0.25) is 0 Å². The Labute approximate surface area is 65.0 Å². The Balaban J connectivity index is 2.90. The van der Waals surface area contributed by atoms with Crippen molar-refractivity contribution in [2.75, 3.05) is 0 Å². The molecule has 1 aromatic rings. The summed E-state index contributed by atoms with van der Waals surface area (Å²) in [5, 5.41) is 0. The summed E-state index contributed by atoms with van der Waals surface area (Å²) in [6.45, 7) is 3.70. The normalized spacial score (nSPS) is 9.60. The SMILES string of the molecule is C=Cc1ccc(C[SiH3])cc1. The van der Waals surface area contributed by atoms with E-state index in [1.807, 2.05) is 6.08 Å². The standard InChI is InChI=1S/C9H12Si/c1-2-8-3-5-9(7-10)6-4-8/h2-6H,1,7H2,10H3. The fourth-order valence-corrected chi connectivity index (χ4v) is 1.36. The number of hydrogen-bond donors (Lipinski definition) is 0. The summed E-state index contributed by atoms with van der Waals surface area (Å²) in [7, 11) is 1.25. The molecule has 0 fully saturated rings. The Morgan fingerprint density at radius 2 is 1.90 bits per heavy atom. The Bertz CT molecular complexity index is 211. The molecule has 0 nitrogen and oxygen atoms in total. The molecule has 1 rings (SSSR count). The van der Waals surface area contributed by atoms with Gasteiger partial charge in [-0.1, -0.05) is 42.5 Å². The highest BCUT2D eigenvalue weighted by atomic mass is 28.1. The van der Waals surface area contributed by atoms with Crippen LogP contribution in [0.5, 0.6) is 0 Å². The van der Waals surface area contributed by atoms with Gasteiger partial charge in [0.05, 0.1) is 0 Å². The van der Waals surface area contributed by atoms with Crippen molar-refractivity contribution in [3.8, 4) is 0 Å². The van der Waals surface area contributed by atoms with Crippen molar-refractivity contribution in [1.29, 1.82) is 0 Å². The van der Waals surface area contributed by atoms with Crippen molar-refractivity contribution in [3.05, 3.63) is 42.0 Å². The Kier molecular flexibility index (Phi) is 2.46. The van der Waals surface area contributed by atoms with Gasteiger partial charge in [0.25, 0.3) is 0 Å². The zero-order chi connectivity index (χ0) is 7.40. The zero-order valence-corrected chi connectivity index (χ0v) is 8.30. The molecule has 10 heavy (non-hydrogen) atoms. The highest BCUT2D eigenvalue weighted by Gasteiger charge is 1.86. The van der Waals surface area contributed by atoms with E-state index in [0.29, 0.717) is 0 Å². The second-order valence-corrected chi connectivity index (χ2v) is 3.01. The summed E-state index contributed by atoms with van der Waals surface area (Å²) >= 11 is 0. The van der Waals surface area contributed by atoms with E-state index in [4.69, 9.17) is 0 Å². The van der Waals surface area contributed by atoms with E-state index in [1.54, 1.807) is 0 Å². The van der Waals surface area contributed by atoms with Crippen LogP contribution in [0.1, 0.15) is 11.1 Å². The largest absolute Gasteiger partial charge is 0.0985 e. The smallest absolute Gasteiger partial charge is 0.00833 e. The molecule has 0 radical (unpaired) electrons. The minimum atomic E-state index is 1.21.